The Kier molecular flexibility index (Phi) is 2.50. The van der Waals surface area contributed by atoms with Crippen molar-refractivity contribution in [1.29, 1.82) is 0 Å². The monoisotopic (exact) mass is 205 g/mol. The number of carbonyl (C=O) groups is 1. The number of amides is 2. The molecule has 0 atom stereocenters. The van der Waals surface area contributed by atoms with Gasteiger partial charge >= 0.3 is 6.03 Å². The van der Waals surface area contributed by atoms with Crippen molar-refractivity contribution >= 4 is 17.7 Å². The summed E-state index contributed by atoms with van der Waals surface area (Å²) in [6.45, 7) is 0. The normalized spacial score (nSPS) is 9.60. The van der Waals surface area contributed by atoms with Crippen molar-refractivity contribution < 1.29 is 4.79 Å². The zero-order valence-corrected chi connectivity index (χ0v) is 7.51. The molecule has 8 nitrogen and oxygen atoms in total. The molecule has 15 heavy (non-hydrogen) atoms. The number of anilines is 2. The summed E-state index contributed by atoms with van der Waals surface area (Å²) in [5.74, 6) is 0.182. The summed E-state index contributed by atoms with van der Waals surface area (Å²) < 4.78 is 0. The highest BCUT2D eigenvalue weighted by molar-refractivity contribution is 5.98. The van der Waals surface area contributed by atoms with Crippen molar-refractivity contribution in [3.05, 3.63) is 24.5 Å². The highest BCUT2D eigenvalue weighted by Crippen LogP contribution is 2.03. The maximum absolute atomic E-state index is 11.3. The minimum absolute atomic E-state index is 0.182. The van der Waals surface area contributed by atoms with E-state index in [9.17, 15) is 4.79 Å². The van der Waals surface area contributed by atoms with Crippen molar-refractivity contribution in [3.8, 4) is 0 Å². The Morgan fingerprint density at radius 2 is 2.07 bits per heavy atom. The quantitative estimate of drug-likeness (QED) is 0.650. The molecule has 0 saturated heterocycles. The van der Waals surface area contributed by atoms with Gasteiger partial charge in [-0.25, -0.2) is 9.89 Å². The second kappa shape index (κ2) is 4.13. The molecule has 3 N–H and O–H groups in total. The largest absolute Gasteiger partial charge is 0.326 e. The third-order valence-corrected chi connectivity index (χ3v) is 1.52. The van der Waals surface area contributed by atoms with Crippen LogP contribution in [0.5, 0.6) is 0 Å². The molecule has 76 valence electrons. The average molecular weight is 205 g/mol. The number of hydrogen-bond acceptors (Lipinski definition) is 5. The molecule has 2 rings (SSSR count). The Morgan fingerprint density at radius 1 is 1.27 bits per heavy atom. The first-order valence-electron chi connectivity index (χ1n) is 4.06. The van der Waals surface area contributed by atoms with Crippen LogP contribution < -0.4 is 10.6 Å². The van der Waals surface area contributed by atoms with Gasteiger partial charge in [0.15, 0.2) is 0 Å². The van der Waals surface area contributed by atoms with E-state index in [4.69, 9.17) is 0 Å². The van der Waals surface area contributed by atoms with Gasteiger partial charge in [-0.2, -0.15) is 0 Å². The van der Waals surface area contributed by atoms with E-state index in [0.29, 0.717) is 5.69 Å². The lowest BCUT2D eigenvalue weighted by Gasteiger charge is -2.03. The number of carbonyl (C=O) groups excluding carboxylic acids is 1. The Hall–Kier alpha value is -2.51. The minimum atomic E-state index is -0.431. The van der Waals surface area contributed by atoms with Crippen LogP contribution in [0.25, 0.3) is 0 Å². The van der Waals surface area contributed by atoms with Gasteiger partial charge in [-0.05, 0) is 22.6 Å². The smallest absolute Gasteiger partial charge is 0.308 e. The van der Waals surface area contributed by atoms with Gasteiger partial charge in [0.05, 0.1) is 0 Å². The Bertz CT molecular complexity index is 426. The van der Waals surface area contributed by atoms with Gasteiger partial charge in [0.25, 0.3) is 0 Å². The van der Waals surface area contributed by atoms with Crippen LogP contribution in [0.1, 0.15) is 0 Å². The Balaban J connectivity index is 1.94. The summed E-state index contributed by atoms with van der Waals surface area (Å²) in [4.78, 5) is 15.1. The van der Waals surface area contributed by atoms with Crippen molar-refractivity contribution in [2.45, 2.75) is 0 Å². The van der Waals surface area contributed by atoms with Gasteiger partial charge in [0, 0.05) is 18.1 Å². The first-order valence-corrected chi connectivity index (χ1v) is 4.06. The van der Waals surface area contributed by atoms with Gasteiger partial charge in [0.2, 0.25) is 5.95 Å². The van der Waals surface area contributed by atoms with Gasteiger partial charge in [-0.3, -0.25) is 10.3 Å². The van der Waals surface area contributed by atoms with E-state index in [2.05, 4.69) is 36.2 Å². The standard InChI is InChI=1S/C7H7N7O/c15-7(10-6-11-13-14-12-6)9-5-1-3-8-4-2-5/h1-4H,(H3,8,9,10,11,12,13,14,15). The van der Waals surface area contributed by atoms with Crippen LogP contribution in [0.3, 0.4) is 0 Å². The Morgan fingerprint density at radius 3 is 2.73 bits per heavy atom. The molecular weight excluding hydrogens is 198 g/mol. The van der Waals surface area contributed by atoms with Crippen molar-refractivity contribution in [2.75, 3.05) is 10.6 Å². The Labute approximate surface area is 84.1 Å². The molecule has 0 unspecified atom stereocenters. The van der Waals surface area contributed by atoms with Crippen LogP contribution in [0.2, 0.25) is 0 Å². The molecule has 0 fully saturated rings. The second-order valence-electron chi connectivity index (χ2n) is 2.56. The van der Waals surface area contributed by atoms with Crippen molar-refractivity contribution in [1.82, 2.24) is 25.6 Å². The fourth-order valence-corrected chi connectivity index (χ4v) is 0.917. The van der Waals surface area contributed by atoms with Crippen LogP contribution in [-0.4, -0.2) is 31.6 Å². The number of pyridine rings is 1. The number of nitrogens with one attached hydrogen (secondary N) is 3. The van der Waals surface area contributed by atoms with E-state index in [1.165, 1.54) is 0 Å². The minimum Gasteiger partial charge on any atom is -0.308 e. The predicted molar refractivity (Wildman–Crippen MR) is 51.1 cm³/mol. The lowest BCUT2D eigenvalue weighted by molar-refractivity contribution is 0.262. The lowest BCUT2D eigenvalue weighted by atomic mass is 10.4. The molecule has 0 spiro atoms. The highest BCUT2D eigenvalue weighted by Gasteiger charge is 2.03. The molecule has 0 radical (unpaired) electrons. The lowest BCUT2D eigenvalue weighted by Crippen LogP contribution is -2.20. The molecule has 0 saturated carbocycles. The van der Waals surface area contributed by atoms with E-state index >= 15 is 0 Å². The van der Waals surface area contributed by atoms with E-state index in [1.54, 1.807) is 24.5 Å². The second-order valence-corrected chi connectivity index (χ2v) is 2.56. The SMILES string of the molecule is O=C(Nc1ccncc1)Nc1nnn[nH]1. The summed E-state index contributed by atoms with van der Waals surface area (Å²) in [5, 5.41) is 17.5. The molecule has 2 aromatic heterocycles. The third kappa shape index (κ3) is 2.46. The molecule has 0 aliphatic rings. The van der Waals surface area contributed by atoms with Crippen LogP contribution in [-0.2, 0) is 0 Å². The molecule has 2 heterocycles. The summed E-state index contributed by atoms with van der Waals surface area (Å²) in [7, 11) is 0. The summed E-state index contributed by atoms with van der Waals surface area (Å²) in [6.07, 6.45) is 3.15. The van der Waals surface area contributed by atoms with Crippen molar-refractivity contribution in [2.24, 2.45) is 0 Å². The molecule has 2 amide bonds. The van der Waals surface area contributed by atoms with Crippen LogP contribution in [0.4, 0.5) is 16.4 Å². The zero-order chi connectivity index (χ0) is 10.5. The fraction of sp³-hybridized carbons (Fsp3) is 0. The number of aromatic nitrogens is 5. The fourth-order valence-electron chi connectivity index (χ4n) is 0.917. The summed E-state index contributed by atoms with van der Waals surface area (Å²) in [5.41, 5.74) is 0.634. The van der Waals surface area contributed by atoms with Gasteiger partial charge in [-0.15, -0.1) is 0 Å². The number of tetrazole rings is 1. The number of nitrogens with zero attached hydrogens (tertiary/aromatic N) is 4. The predicted octanol–water partition coefficient (Wildman–Crippen LogP) is 0.239. The molecule has 0 bridgehead atoms. The van der Waals surface area contributed by atoms with Gasteiger partial charge in [0.1, 0.15) is 0 Å². The first-order chi connectivity index (χ1) is 7.34. The molecule has 8 heteroatoms. The first kappa shape index (κ1) is 9.06. The maximum Gasteiger partial charge on any atom is 0.326 e. The average Bonchev–Trinajstić information content (AvgIpc) is 2.71. The maximum atomic E-state index is 11.3. The summed E-state index contributed by atoms with van der Waals surface area (Å²) in [6, 6.07) is 2.90. The topological polar surface area (TPSA) is 108 Å². The molecular formula is C7H7N7O. The number of urea groups is 1. The van der Waals surface area contributed by atoms with Crippen LogP contribution in [0.15, 0.2) is 24.5 Å². The van der Waals surface area contributed by atoms with E-state index < -0.39 is 6.03 Å². The molecule has 2 aromatic rings. The van der Waals surface area contributed by atoms with Gasteiger partial charge < -0.3 is 5.32 Å². The number of hydrogen-bond donors (Lipinski definition) is 3. The molecule has 0 aliphatic carbocycles. The van der Waals surface area contributed by atoms with Crippen molar-refractivity contribution in [3.63, 3.8) is 0 Å². The number of H-pyrrole nitrogens is 1. The number of aromatic amines is 1. The van der Waals surface area contributed by atoms with E-state index in [0.717, 1.165) is 0 Å². The molecule has 0 aliphatic heterocycles. The van der Waals surface area contributed by atoms with Crippen LogP contribution in [0, 0.1) is 0 Å². The highest BCUT2D eigenvalue weighted by atomic mass is 16.2. The van der Waals surface area contributed by atoms with E-state index in [-0.39, 0.29) is 5.95 Å². The molecule has 0 aromatic carbocycles. The van der Waals surface area contributed by atoms with Gasteiger partial charge in [-0.1, -0.05) is 5.10 Å². The third-order valence-electron chi connectivity index (χ3n) is 1.52. The number of rotatable bonds is 2. The van der Waals surface area contributed by atoms with E-state index in [1.807, 2.05) is 0 Å². The zero-order valence-electron chi connectivity index (χ0n) is 7.51. The van der Waals surface area contributed by atoms with Crippen LogP contribution >= 0.6 is 0 Å². The summed E-state index contributed by atoms with van der Waals surface area (Å²) >= 11 is 0.